The Bertz CT molecular complexity index is 814. The molecule has 0 atom stereocenters. The number of nitrogens with zero attached hydrogens (tertiary/aromatic N) is 4. The Balaban J connectivity index is 1.41. The van der Waals surface area contributed by atoms with Gasteiger partial charge in [-0.1, -0.05) is 27.7 Å². The largest absolute Gasteiger partial charge is 0.341 e. The van der Waals surface area contributed by atoms with Crippen LogP contribution in [0.25, 0.3) is 0 Å². The predicted octanol–water partition coefficient (Wildman–Crippen LogP) is 4.01. The molecule has 6 nitrogen and oxygen atoms in total. The summed E-state index contributed by atoms with van der Waals surface area (Å²) in [4.78, 5) is 14.6. The van der Waals surface area contributed by atoms with Crippen LogP contribution in [0.5, 0.6) is 0 Å². The van der Waals surface area contributed by atoms with Crippen LogP contribution in [0.2, 0.25) is 0 Å². The topological polar surface area (TPSA) is 63.1 Å². The van der Waals surface area contributed by atoms with Gasteiger partial charge in [0.25, 0.3) is 0 Å². The molecule has 0 radical (unpaired) electrons. The van der Waals surface area contributed by atoms with Crippen molar-refractivity contribution in [3.63, 3.8) is 0 Å². The zero-order chi connectivity index (χ0) is 18.1. The molecule has 4 rings (SSSR count). The van der Waals surface area contributed by atoms with Gasteiger partial charge in [-0.15, -0.1) is 10.2 Å². The van der Waals surface area contributed by atoms with Gasteiger partial charge in [0, 0.05) is 29.3 Å². The Kier molecular flexibility index (Phi) is 5.22. The van der Waals surface area contributed by atoms with Crippen LogP contribution in [-0.2, 0) is 4.79 Å². The maximum Gasteiger partial charge on any atom is 0.234 e. The number of nitrogens with one attached hydrogen (secondary N) is 1. The van der Waals surface area contributed by atoms with E-state index in [4.69, 9.17) is 0 Å². The summed E-state index contributed by atoms with van der Waals surface area (Å²) in [6.45, 7) is 4.12. The van der Waals surface area contributed by atoms with Gasteiger partial charge in [0.2, 0.25) is 11.9 Å². The number of carbonyl (C=O) groups is 1. The Labute approximate surface area is 165 Å². The van der Waals surface area contributed by atoms with Crippen molar-refractivity contribution in [3.8, 4) is 0 Å². The van der Waals surface area contributed by atoms with Crippen LogP contribution in [0.1, 0.15) is 37.3 Å². The van der Waals surface area contributed by atoms with Crippen LogP contribution in [0.4, 0.5) is 11.6 Å². The van der Waals surface area contributed by atoms with E-state index in [1.165, 1.54) is 37.4 Å². The van der Waals surface area contributed by atoms with Crippen molar-refractivity contribution in [1.82, 2.24) is 14.8 Å². The first-order valence-corrected chi connectivity index (χ1v) is 10.8. The summed E-state index contributed by atoms with van der Waals surface area (Å²) in [5, 5.41) is 12.6. The molecular formula is C18H22BrN5OS. The van der Waals surface area contributed by atoms with Gasteiger partial charge in [-0.2, -0.15) is 0 Å². The van der Waals surface area contributed by atoms with E-state index in [0.717, 1.165) is 39.9 Å². The Morgan fingerprint density at radius 2 is 2.08 bits per heavy atom. The molecule has 0 spiro atoms. The van der Waals surface area contributed by atoms with Crippen molar-refractivity contribution in [2.75, 3.05) is 29.1 Å². The van der Waals surface area contributed by atoms with Crippen LogP contribution < -0.4 is 10.2 Å². The lowest BCUT2D eigenvalue weighted by molar-refractivity contribution is -0.113. The maximum absolute atomic E-state index is 12.3. The monoisotopic (exact) mass is 435 g/mol. The third-order valence-electron chi connectivity index (χ3n) is 4.72. The Morgan fingerprint density at radius 3 is 2.77 bits per heavy atom. The third-order valence-corrected chi connectivity index (χ3v) is 6.55. The second-order valence-corrected chi connectivity index (χ2v) is 8.68. The molecule has 2 aliphatic rings. The molecule has 2 fully saturated rings. The van der Waals surface area contributed by atoms with Crippen molar-refractivity contribution in [2.24, 2.45) is 0 Å². The average molecular weight is 436 g/mol. The van der Waals surface area contributed by atoms with Crippen LogP contribution in [0.3, 0.4) is 0 Å². The second-order valence-electron chi connectivity index (χ2n) is 6.88. The summed E-state index contributed by atoms with van der Waals surface area (Å²) < 4.78 is 3.28. The lowest BCUT2D eigenvalue weighted by atomic mass is 10.2. The lowest BCUT2D eigenvalue weighted by Gasteiger charge is -2.17. The predicted molar refractivity (Wildman–Crippen MR) is 108 cm³/mol. The average Bonchev–Trinajstić information content (AvgIpc) is 3.15. The fourth-order valence-corrected chi connectivity index (χ4v) is 4.25. The van der Waals surface area contributed by atoms with E-state index < -0.39 is 0 Å². The van der Waals surface area contributed by atoms with Crippen LogP contribution in [0.15, 0.2) is 27.8 Å². The molecule has 0 bridgehead atoms. The van der Waals surface area contributed by atoms with Crippen LogP contribution >= 0.6 is 27.7 Å². The van der Waals surface area contributed by atoms with Gasteiger partial charge in [0.15, 0.2) is 5.16 Å². The molecule has 1 N–H and O–H groups in total. The number of benzene rings is 1. The standard InChI is InChI=1S/C18H22BrN5OS/c1-12-10-13(4-7-15(12)19)20-16(25)11-26-18-22-21-17(23-8-2-3-9-23)24(18)14-5-6-14/h4,7,10,14H,2-3,5-6,8-9,11H2,1H3,(H,20,25). The highest BCUT2D eigenvalue weighted by Crippen LogP contribution is 2.41. The molecule has 1 amide bonds. The molecule has 1 aromatic heterocycles. The van der Waals surface area contributed by atoms with Gasteiger partial charge < -0.3 is 10.2 Å². The Morgan fingerprint density at radius 1 is 1.31 bits per heavy atom. The molecule has 2 aromatic rings. The molecule has 26 heavy (non-hydrogen) atoms. The zero-order valence-corrected chi connectivity index (χ0v) is 17.1. The molecule has 1 aliphatic heterocycles. The van der Waals surface area contributed by atoms with E-state index in [0.29, 0.717) is 11.8 Å². The van der Waals surface area contributed by atoms with Gasteiger partial charge in [-0.05, 0) is 56.4 Å². The second kappa shape index (κ2) is 7.60. The van der Waals surface area contributed by atoms with Crippen LogP contribution in [-0.4, -0.2) is 39.5 Å². The van der Waals surface area contributed by atoms with Gasteiger partial charge >= 0.3 is 0 Å². The smallest absolute Gasteiger partial charge is 0.234 e. The van der Waals surface area contributed by atoms with Crippen molar-refractivity contribution in [3.05, 3.63) is 28.2 Å². The summed E-state index contributed by atoms with van der Waals surface area (Å²) in [6.07, 6.45) is 4.79. The van der Waals surface area contributed by atoms with Crippen molar-refractivity contribution in [2.45, 2.75) is 43.8 Å². The number of amides is 1. The summed E-state index contributed by atoms with van der Waals surface area (Å²) in [5.74, 6) is 1.29. The lowest BCUT2D eigenvalue weighted by Crippen LogP contribution is -2.22. The molecule has 1 aliphatic carbocycles. The summed E-state index contributed by atoms with van der Waals surface area (Å²) in [5.41, 5.74) is 1.91. The Hall–Kier alpha value is -1.54. The molecular weight excluding hydrogens is 414 g/mol. The van der Waals surface area contributed by atoms with Gasteiger partial charge in [-0.25, -0.2) is 0 Å². The van der Waals surface area contributed by atoms with E-state index in [1.54, 1.807) is 0 Å². The molecule has 138 valence electrons. The molecule has 1 aromatic carbocycles. The minimum absolute atomic E-state index is 0.0233. The number of thioether (sulfide) groups is 1. The minimum Gasteiger partial charge on any atom is -0.341 e. The van der Waals surface area contributed by atoms with Gasteiger partial charge in [0.1, 0.15) is 0 Å². The number of aromatic nitrogens is 3. The molecule has 1 saturated heterocycles. The van der Waals surface area contributed by atoms with Gasteiger partial charge in [-0.3, -0.25) is 9.36 Å². The third kappa shape index (κ3) is 3.91. The number of anilines is 2. The first kappa shape index (κ1) is 17.9. The normalized spacial score (nSPS) is 16.9. The van der Waals surface area contributed by atoms with Crippen LogP contribution in [0, 0.1) is 6.92 Å². The highest BCUT2D eigenvalue weighted by Gasteiger charge is 2.32. The SMILES string of the molecule is Cc1cc(NC(=O)CSc2nnc(N3CCCC3)n2C2CC2)ccc1Br. The number of hydrogen-bond donors (Lipinski definition) is 1. The number of aryl methyl sites for hydroxylation is 1. The zero-order valence-electron chi connectivity index (χ0n) is 14.7. The van der Waals surface area contributed by atoms with Gasteiger partial charge in [0.05, 0.1) is 5.75 Å². The van der Waals surface area contributed by atoms with Crippen molar-refractivity contribution >= 4 is 45.2 Å². The van der Waals surface area contributed by atoms with E-state index in [2.05, 4.69) is 40.9 Å². The molecule has 8 heteroatoms. The minimum atomic E-state index is -0.0233. The first-order chi connectivity index (χ1) is 12.6. The quantitative estimate of drug-likeness (QED) is 0.694. The molecule has 0 unspecified atom stereocenters. The van der Waals surface area contributed by atoms with Crippen molar-refractivity contribution in [1.29, 1.82) is 0 Å². The number of hydrogen-bond acceptors (Lipinski definition) is 5. The fraction of sp³-hybridized carbons (Fsp3) is 0.500. The maximum atomic E-state index is 12.3. The highest BCUT2D eigenvalue weighted by atomic mass is 79.9. The summed E-state index contributed by atoms with van der Waals surface area (Å²) in [6, 6.07) is 6.31. The summed E-state index contributed by atoms with van der Waals surface area (Å²) in [7, 11) is 0. The van der Waals surface area contributed by atoms with E-state index in [9.17, 15) is 4.79 Å². The number of carbonyl (C=O) groups excluding carboxylic acids is 1. The fourth-order valence-electron chi connectivity index (χ4n) is 3.20. The van der Waals surface area contributed by atoms with Crippen molar-refractivity contribution < 1.29 is 4.79 Å². The molecule has 2 heterocycles. The molecule has 1 saturated carbocycles. The highest BCUT2D eigenvalue weighted by molar-refractivity contribution is 9.10. The number of rotatable bonds is 6. The van der Waals surface area contributed by atoms with E-state index in [-0.39, 0.29) is 5.91 Å². The van der Waals surface area contributed by atoms with E-state index >= 15 is 0 Å². The first-order valence-electron chi connectivity index (χ1n) is 9.00. The summed E-state index contributed by atoms with van der Waals surface area (Å²) >= 11 is 4.95. The number of halogens is 1. The van der Waals surface area contributed by atoms with E-state index in [1.807, 2.05) is 25.1 Å².